The highest BCUT2D eigenvalue weighted by Gasteiger charge is 2.29. The van der Waals surface area contributed by atoms with Crippen LogP contribution in [-0.2, 0) is 26.2 Å². The number of aromatic nitrogens is 1. The molecule has 0 spiro atoms. The number of nitro groups is 1. The van der Waals surface area contributed by atoms with E-state index in [9.17, 15) is 18.5 Å². The van der Waals surface area contributed by atoms with Crippen molar-refractivity contribution in [2.75, 3.05) is 26.2 Å². The van der Waals surface area contributed by atoms with Gasteiger partial charge in [-0.05, 0) is 23.8 Å². The van der Waals surface area contributed by atoms with Crippen molar-refractivity contribution in [2.45, 2.75) is 11.4 Å². The van der Waals surface area contributed by atoms with Crippen molar-refractivity contribution in [3.05, 3.63) is 70.4 Å². The minimum absolute atomic E-state index is 0.0863. The molecular weight excluding hydrogens is 468 g/mol. The molecule has 1 aliphatic rings. The molecule has 1 saturated heterocycles. The summed E-state index contributed by atoms with van der Waals surface area (Å²) in [6.07, 6.45) is 2.00. The number of nitrogens with zero attached hydrogens (tertiary/aromatic N) is 3. The molecule has 0 saturated carbocycles. The predicted octanol–water partition coefficient (Wildman–Crippen LogP) is 1.74. The first-order valence-corrected chi connectivity index (χ1v) is 11.5. The molecule has 1 aliphatic heterocycles. The number of nitro benzene ring substituents is 1. The Labute approximate surface area is 194 Å². The molecule has 0 radical (unpaired) electrons. The lowest BCUT2D eigenvalue weighted by Gasteiger charge is -2.33. The summed E-state index contributed by atoms with van der Waals surface area (Å²) in [5, 5.41) is 26.7. The van der Waals surface area contributed by atoms with Crippen molar-refractivity contribution >= 4 is 38.6 Å². The Morgan fingerprint density at radius 1 is 0.971 bits per heavy atom. The lowest BCUT2D eigenvalue weighted by Crippen LogP contribution is -2.48. The molecule has 4 rings (SSSR count). The van der Waals surface area contributed by atoms with E-state index < -0.39 is 26.9 Å². The van der Waals surface area contributed by atoms with Crippen LogP contribution >= 0.6 is 0 Å². The quantitative estimate of drug-likeness (QED) is 0.273. The van der Waals surface area contributed by atoms with Crippen molar-refractivity contribution in [3.63, 3.8) is 0 Å². The first kappa shape index (κ1) is 24.8. The van der Waals surface area contributed by atoms with E-state index in [1.54, 1.807) is 0 Å². The maximum atomic E-state index is 12.8. The van der Waals surface area contributed by atoms with E-state index in [4.69, 9.17) is 19.8 Å². The number of fused-ring (bicyclic) bond motifs is 1. The Morgan fingerprint density at radius 3 is 2.12 bits per heavy atom. The number of carboxylic acids is 2. The Morgan fingerprint density at radius 2 is 1.56 bits per heavy atom. The summed E-state index contributed by atoms with van der Waals surface area (Å²) >= 11 is 0. The molecule has 2 heterocycles. The number of carboxylic acid groups (broad SMARTS) is 2. The summed E-state index contributed by atoms with van der Waals surface area (Å²) in [6, 6.07) is 13.2. The normalized spacial score (nSPS) is 14.8. The van der Waals surface area contributed by atoms with Crippen LogP contribution in [0.2, 0.25) is 0 Å². The van der Waals surface area contributed by atoms with Crippen LogP contribution in [0, 0.1) is 10.1 Å². The molecule has 34 heavy (non-hydrogen) atoms. The standard InChI is InChI=1S/C19H20N4O4S.C2H2O4/c24-23(25)16-5-7-17(8-6-16)28(26,27)22-11-9-21(10-12-22)14-15-13-20-19-4-2-1-3-18(15)19;3-1(4)2(5)6/h1-8,13,20H,9-12,14H2;(H,3,4)(H,5,6). The third-order valence-corrected chi connectivity index (χ3v) is 7.18. The summed E-state index contributed by atoms with van der Waals surface area (Å²) < 4.78 is 27.0. The molecule has 0 amide bonds. The van der Waals surface area contributed by atoms with Crippen LogP contribution < -0.4 is 0 Å². The van der Waals surface area contributed by atoms with E-state index in [2.05, 4.69) is 16.0 Å². The van der Waals surface area contributed by atoms with Crippen molar-refractivity contribution in [1.82, 2.24) is 14.2 Å². The van der Waals surface area contributed by atoms with Crippen LogP contribution in [0.15, 0.2) is 59.6 Å². The van der Waals surface area contributed by atoms with E-state index in [1.165, 1.54) is 39.5 Å². The van der Waals surface area contributed by atoms with Crippen LogP contribution in [0.25, 0.3) is 10.9 Å². The first-order chi connectivity index (χ1) is 16.1. The number of rotatable bonds is 5. The Balaban J connectivity index is 0.000000481. The van der Waals surface area contributed by atoms with Gasteiger partial charge in [0.25, 0.3) is 5.69 Å². The summed E-state index contributed by atoms with van der Waals surface area (Å²) in [7, 11) is -3.65. The summed E-state index contributed by atoms with van der Waals surface area (Å²) in [6.45, 7) is 2.80. The van der Waals surface area contributed by atoms with E-state index >= 15 is 0 Å². The van der Waals surface area contributed by atoms with Gasteiger partial charge in [0.2, 0.25) is 10.0 Å². The number of nitrogens with one attached hydrogen (secondary N) is 1. The lowest BCUT2D eigenvalue weighted by atomic mass is 10.1. The summed E-state index contributed by atoms with van der Waals surface area (Å²) in [5.41, 5.74) is 2.17. The number of carbonyl (C=O) groups is 2. The zero-order chi connectivity index (χ0) is 24.9. The van der Waals surface area contributed by atoms with Crippen LogP contribution in [0.1, 0.15) is 5.56 Å². The molecule has 13 heteroatoms. The minimum Gasteiger partial charge on any atom is -0.473 e. The molecule has 0 unspecified atom stereocenters. The van der Waals surface area contributed by atoms with Crippen LogP contribution in [0.4, 0.5) is 5.69 Å². The van der Waals surface area contributed by atoms with Gasteiger partial charge in [-0.3, -0.25) is 15.0 Å². The maximum absolute atomic E-state index is 12.8. The average Bonchev–Trinajstić information content (AvgIpc) is 3.22. The topological polar surface area (TPSA) is 174 Å². The molecule has 0 bridgehead atoms. The number of hydrogen-bond donors (Lipinski definition) is 3. The Kier molecular flexibility index (Phi) is 7.61. The fourth-order valence-electron chi connectivity index (χ4n) is 3.52. The maximum Gasteiger partial charge on any atom is 0.414 e. The first-order valence-electron chi connectivity index (χ1n) is 10.1. The number of non-ortho nitro benzene ring substituents is 1. The largest absolute Gasteiger partial charge is 0.473 e. The number of piperazine rings is 1. The van der Waals surface area contributed by atoms with Gasteiger partial charge >= 0.3 is 11.9 Å². The zero-order valence-corrected chi connectivity index (χ0v) is 18.6. The van der Waals surface area contributed by atoms with Crippen LogP contribution in [-0.4, -0.2) is 75.9 Å². The van der Waals surface area contributed by atoms with Crippen molar-refractivity contribution in [3.8, 4) is 0 Å². The second kappa shape index (κ2) is 10.4. The van der Waals surface area contributed by atoms with Crippen LogP contribution in [0.5, 0.6) is 0 Å². The number of para-hydroxylation sites is 1. The van der Waals surface area contributed by atoms with E-state index in [0.29, 0.717) is 26.2 Å². The molecule has 0 aliphatic carbocycles. The van der Waals surface area contributed by atoms with Gasteiger partial charge in [0.1, 0.15) is 0 Å². The number of sulfonamides is 1. The zero-order valence-electron chi connectivity index (χ0n) is 17.8. The number of hydrogen-bond acceptors (Lipinski definition) is 7. The van der Waals surface area contributed by atoms with Gasteiger partial charge in [-0.15, -0.1) is 0 Å². The summed E-state index contributed by atoms with van der Waals surface area (Å²) in [5.74, 6) is -3.65. The molecule has 2 aromatic carbocycles. The van der Waals surface area contributed by atoms with Gasteiger partial charge in [-0.2, -0.15) is 4.31 Å². The Hall–Kier alpha value is -3.81. The van der Waals surface area contributed by atoms with Crippen molar-refractivity contribution in [2.24, 2.45) is 0 Å². The smallest absolute Gasteiger partial charge is 0.414 e. The second-order valence-corrected chi connectivity index (χ2v) is 9.34. The molecule has 0 atom stereocenters. The van der Waals surface area contributed by atoms with Gasteiger partial charge in [0, 0.05) is 62.0 Å². The monoisotopic (exact) mass is 490 g/mol. The molecule has 180 valence electrons. The average molecular weight is 490 g/mol. The molecule has 1 aromatic heterocycles. The second-order valence-electron chi connectivity index (χ2n) is 7.40. The molecule has 12 nitrogen and oxygen atoms in total. The Bertz CT molecular complexity index is 1280. The highest BCUT2D eigenvalue weighted by atomic mass is 32.2. The molecule has 3 N–H and O–H groups in total. The van der Waals surface area contributed by atoms with E-state index in [-0.39, 0.29) is 10.6 Å². The third-order valence-electron chi connectivity index (χ3n) is 5.27. The predicted molar refractivity (Wildman–Crippen MR) is 121 cm³/mol. The number of benzene rings is 2. The number of aromatic amines is 1. The minimum atomic E-state index is -3.65. The molecular formula is C21H22N4O8S. The van der Waals surface area contributed by atoms with Crippen molar-refractivity contribution < 1.29 is 33.1 Å². The van der Waals surface area contributed by atoms with Gasteiger partial charge < -0.3 is 15.2 Å². The lowest BCUT2D eigenvalue weighted by molar-refractivity contribution is -0.384. The summed E-state index contributed by atoms with van der Waals surface area (Å²) in [4.78, 5) is 34.0. The highest BCUT2D eigenvalue weighted by molar-refractivity contribution is 7.89. The fourth-order valence-corrected chi connectivity index (χ4v) is 4.94. The van der Waals surface area contributed by atoms with Gasteiger partial charge in [-0.1, -0.05) is 18.2 Å². The van der Waals surface area contributed by atoms with Crippen molar-refractivity contribution in [1.29, 1.82) is 0 Å². The number of H-pyrrole nitrogens is 1. The van der Waals surface area contributed by atoms with E-state index in [0.717, 1.165) is 12.1 Å². The molecule has 3 aromatic rings. The van der Waals surface area contributed by atoms with Gasteiger partial charge in [0.05, 0.1) is 9.82 Å². The van der Waals surface area contributed by atoms with Gasteiger partial charge in [-0.25, -0.2) is 18.0 Å². The van der Waals surface area contributed by atoms with Gasteiger partial charge in [0.15, 0.2) is 0 Å². The highest BCUT2D eigenvalue weighted by Crippen LogP contribution is 2.23. The number of aliphatic carboxylic acids is 2. The molecule has 1 fully saturated rings. The van der Waals surface area contributed by atoms with E-state index in [1.807, 2.05) is 24.4 Å². The SMILES string of the molecule is O=C(O)C(=O)O.O=[N+]([O-])c1ccc(S(=O)(=O)N2CCN(Cc3c[nH]c4ccccc34)CC2)cc1. The third kappa shape index (κ3) is 5.75. The fraction of sp³-hybridized carbons (Fsp3) is 0.238. The van der Waals surface area contributed by atoms with Crippen LogP contribution in [0.3, 0.4) is 0 Å².